The van der Waals surface area contributed by atoms with Gasteiger partial charge in [0, 0.05) is 35.3 Å². The van der Waals surface area contributed by atoms with Gasteiger partial charge in [-0.2, -0.15) is 0 Å². The summed E-state index contributed by atoms with van der Waals surface area (Å²) in [7, 11) is 0. The summed E-state index contributed by atoms with van der Waals surface area (Å²) in [6.07, 6.45) is 10.5. The standard InChI is InChI=1S/C32H40N2O2/c1-31(2,3)26-15-20(13-22(17-33)29(26)35)25-12-11-24(19-9-7-8-10-19)28(25)21-14-23(18-34)30(36)27(16-21)32(4,5)6/h7-9,12-16,35-36H,10-11,17-18,33-34H2,1-6H3. The van der Waals surface area contributed by atoms with Crippen LogP contribution in [0.5, 0.6) is 11.5 Å². The molecular weight excluding hydrogens is 444 g/mol. The van der Waals surface area contributed by atoms with Gasteiger partial charge in [-0.15, -0.1) is 0 Å². The molecule has 0 amide bonds. The van der Waals surface area contributed by atoms with E-state index in [0.29, 0.717) is 0 Å². The molecule has 0 bridgehead atoms. The lowest BCUT2D eigenvalue weighted by atomic mass is 9.79. The van der Waals surface area contributed by atoms with Crippen molar-refractivity contribution in [2.24, 2.45) is 11.5 Å². The van der Waals surface area contributed by atoms with Crippen molar-refractivity contribution < 1.29 is 10.2 Å². The summed E-state index contributed by atoms with van der Waals surface area (Å²) in [6.45, 7) is 13.2. The van der Waals surface area contributed by atoms with Crippen molar-refractivity contribution in [1.29, 1.82) is 0 Å². The molecule has 0 spiro atoms. The van der Waals surface area contributed by atoms with Gasteiger partial charge in [0.15, 0.2) is 0 Å². The van der Waals surface area contributed by atoms with E-state index in [-0.39, 0.29) is 35.4 Å². The number of rotatable bonds is 5. The van der Waals surface area contributed by atoms with E-state index in [1.807, 2.05) is 12.1 Å². The molecule has 6 N–H and O–H groups in total. The Hall–Kier alpha value is -3.08. The average Bonchev–Trinajstić information content (AvgIpc) is 3.48. The largest absolute Gasteiger partial charge is 0.507 e. The lowest BCUT2D eigenvalue weighted by Crippen LogP contribution is -2.14. The van der Waals surface area contributed by atoms with Crippen molar-refractivity contribution in [3.8, 4) is 11.5 Å². The third-order valence-corrected chi connectivity index (χ3v) is 7.27. The summed E-state index contributed by atoms with van der Waals surface area (Å²) in [6, 6.07) is 8.30. The van der Waals surface area contributed by atoms with Crippen LogP contribution in [0.3, 0.4) is 0 Å². The van der Waals surface area contributed by atoms with Crippen LogP contribution < -0.4 is 11.5 Å². The van der Waals surface area contributed by atoms with Crippen LogP contribution in [0.1, 0.15) is 87.8 Å². The normalized spacial score (nSPS) is 16.1. The molecule has 0 heterocycles. The number of hydrogen-bond acceptors (Lipinski definition) is 4. The summed E-state index contributed by atoms with van der Waals surface area (Å²) in [5.41, 5.74) is 22.0. The van der Waals surface area contributed by atoms with Gasteiger partial charge in [0.05, 0.1) is 0 Å². The Morgan fingerprint density at radius 3 is 1.75 bits per heavy atom. The maximum Gasteiger partial charge on any atom is 0.123 e. The molecule has 4 heteroatoms. The molecule has 2 aliphatic carbocycles. The second kappa shape index (κ2) is 9.42. The Morgan fingerprint density at radius 1 is 0.750 bits per heavy atom. The lowest BCUT2D eigenvalue weighted by molar-refractivity contribution is 0.439. The molecule has 4 rings (SSSR count). The molecule has 2 aliphatic rings. The van der Waals surface area contributed by atoms with E-state index >= 15 is 0 Å². The predicted octanol–water partition coefficient (Wildman–Crippen LogP) is 6.74. The summed E-state index contributed by atoms with van der Waals surface area (Å²) >= 11 is 0. The van der Waals surface area contributed by atoms with E-state index in [2.05, 4.69) is 78.0 Å². The minimum absolute atomic E-state index is 0.238. The van der Waals surface area contributed by atoms with Crippen molar-refractivity contribution in [2.75, 3.05) is 0 Å². The zero-order valence-electron chi connectivity index (χ0n) is 22.5. The van der Waals surface area contributed by atoms with Gasteiger partial charge < -0.3 is 21.7 Å². The van der Waals surface area contributed by atoms with Gasteiger partial charge in [-0.05, 0) is 81.4 Å². The van der Waals surface area contributed by atoms with Gasteiger partial charge in [-0.1, -0.05) is 65.8 Å². The molecule has 2 aromatic rings. The van der Waals surface area contributed by atoms with Crippen molar-refractivity contribution in [3.63, 3.8) is 0 Å². The van der Waals surface area contributed by atoms with E-state index in [9.17, 15) is 10.2 Å². The molecule has 0 fully saturated rings. The first-order valence-electron chi connectivity index (χ1n) is 12.8. The predicted molar refractivity (Wildman–Crippen MR) is 151 cm³/mol. The molecule has 0 radical (unpaired) electrons. The van der Waals surface area contributed by atoms with Crippen LogP contribution in [-0.4, -0.2) is 10.2 Å². The Bertz CT molecular complexity index is 1330. The van der Waals surface area contributed by atoms with Gasteiger partial charge in [-0.3, -0.25) is 0 Å². The third-order valence-electron chi connectivity index (χ3n) is 7.27. The summed E-state index contributed by atoms with van der Waals surface area (Å²) < 4.78 is 0. The number of hydrogen-bond donors (Lipinski definition) is 4. The maximum atomic E-state index is 11.0. The quantitative estimate of drug-likeness (QED) is 0.378. The summed E-state index contributed by atoms with van der Waals surface area (Å²) in [5.74, 6) is 0.567. The summed E-state index contributed by atoms with van der Waals surface area (Å²) in [5, 5.41) is 22.0. The highest BCUT2D eigenvalue weighted by Gasteiger charge is 2.29. The fourth-order valence-corrected chi connectivity index (χ4v) is 5.27. The Morgan fingerprint density at radius 2 is 1.28 bits per heavy atom. The second-order valence-electron chi connectivity index (χ2n) is 12.0. The SMILES string of the molecule is CC(C)(C)c1cc(C2=CCC(C3=CC=CC3)=C2c2cc(CN)c(O)c(C(C)(C)C)c2)cc(CN)c1O. The van der Waals surface area contributed by atoms with Crippen molar-refractivity contribution >= 4 is 11.1 Å². The van der Waals surface area contributed by atoms with E-state index in [1.54, 1.807) is 0 Å². The Kier molecular flexibility index (Phi) is 6.80. The molecule has 36 heavy (non-hydrogen) atoms. The van der Waals surface area contributed by atoms with Crippen LogP contribution >= 0.6 is 0 Å². The average molecular weight is 485 g/mol. The molecule has 4 nitrogen and oxygen atoms in total. The Balaban J connectivity index is 2.00. The van der Waals surface area contributed by atoms with Crippen LogP contribution in [-0.2, 0) is 23.9 Å². The molecule has 190 valence electrons. The monoisotopic (exact) mass is 484 g/mol. The fourth-order valence-electron chi connectivity index (χ4n) is 5.27. The first-order chi connectivity index (χ1) is 16.9. The van der Waals surface area contributed by atoms with Gasteiger partial charge in [0.2, 0.25) is 0 Å². The smallest absolute Gasteiger partial charge is 0.123 e. The number of phenols is 2. The second-order valence-corrected chi connectivity index (χ2v) is 12.0. The highest BCUT2D eigenvalue weighted by molar-refractivity contribution is 6.10. The Labute approximate surface area is 215 Å². The van der Waals surface area contributed by atoms with E-state index in [4.69, 9.17) is 11.5 Å². The van der Waals surface area contributed by atoms with Crippen molar-refractivity contribution in [1.82, 2.24) is 0 Å². The minimum atomic E-state index is -0.244. The topological polar surface area (TPSA) is 92.5 Å². The minimum Gasteiger partial charge on any atom is -0.507 e. The highest BCUT2D eigenvalue weighted by atomic mass is 16.3. The molecule has 2 aromatic carbocycles. The van der Waals surface area contributed by atoms with Crippen LogP contribution in [0.15, 0.2) is 59.7 Å². The molecule has 0 unspecified atom stereocenters. The lowest BCUT2D eigenvalue weighted by Gasteiger charge is -2.26. The van der Waals surface area contributed by atoms with Crippen LogP contribution in [0.4, 0.5) is 0 Å². The van der Waals surface area contributed by atoms with Crippen molar-refractivity contribution in [3.05, 3.63) is 93.1 Å². The molecule has 0 aliphatic heterocycles. The number of phenolic OH excluding ortho intramolecular Hbond substituents is 2. The summed E-state index contributed by atoms with van der Waals surface area (Å²) in [4.78, 5) is 0. The number of aromatic hydroxyl groups is 2. The van der Waals surface area contributed by atoms with Gasteiger partial charge in [0.25, 0.3) is 0 Å². The molecule has 0 saturated carbocycles. The van der Waals surface area contributed by atoms with Gasteiger partial charge in [0.1, 0.15) is 11.5 Å². The van der Waals surface area contributed by atoms with E-state index in [1.165, 1.54) is 16.7 Å². The number of allylic oxidation sites excluding steroid dienone is 8. The number of nitrogens with two attached hydrogens (primary N) is 2. The first kappa shape index (κ1) is 26.0. The van der Waals surface area contributed by atoms with Crippen molar-refractivity contribution in [2.45, 2.75) is 78.3 Å². The zero-order chi connectivity index (χ0) is 26.4. The fraction of sp³-hybridized carbons (Fsp3) is 0.375. The van der Waals surface area contributed by atoms with Gasteiger partial charge in [-0.25, -0.2) is 0 Å². The number of benzene rings is 2. The van der Waals surface area contributed by atoms with Gasteiger partial charge >= 0.3 is 0 Å². The molecular formula is C32H40N2O2. The van der Waals surface area contributed by atoms with Crippen LogP contribution in [0.25, 0.3) is 11.1 Å². The van der Waals surface area contributed by atoms with E-state index < -0.39 is 0 Å². The highest BCUT2D eigenvalue weighted by Crippen LogP contribution is 2.48. The molecule has 0 atom stereocenters. The van der Waals surface area contributed by atoms with E-state index in [0.717, 1.165) is 51.8 Å². The molecule has 0 saturated heterocycles. The van der Waals surface area contributed by atoms with Crippen LogP contribution in [0.2, 0.25) is 0 Å². The molecule has 0 aromatic heterocycles. The zero-order valence-corrected chi connectivity index (χ0v) is 22.5. The third kappa shape index (κ3) is 4.68. The maximum absolute atomic E-state index is 11.0. The first-order valence-corrected chi connectivity index (χ1v) is 12.8. The van der Waals surface area contributed by atoms with Crippen LogP contribution in [0, 0.1) is 0 Å².